The first-order valence-corrected chi connectivity index (χ1v) is 20.7. The standard InChI is InChI=1S/C47H56N2O15/c1-22-14-13-15-23(2)45(57)49-36-30(20-48-62-21-31(46(58)59)29-16-11-10-12-17-29)40(54)33-34(41(36)55)39(53)27(6)43-35(33)44(56)47(8,64-43)61-19-18-32(60-9)24(3)42(63-28(7)50)26(5)38(52)25(4)37(22)51/h10-20,22,24-26,31-32,37-38,42,51-55H,21H2,1-9H3,(H,49,57)(H,58,59)/b14-13+,19-18+,23-15+,48-20+. The van der Waals surface area contributed by atoms with Crippen LogP contribution in [-0.2, 0) is 33.4 Å². The summed E-state index contributed by atoms with van der Waals surface area (Å²) >= 11 is 0. The molecule has 0 saturated carbocycles. The number of anilines is 1. The van der Waals surface area contributed by atoms with Gasteiger partial charge in [-0.15, -0.1) is 0 Å². The van der Waals surface area contributed by atoms with Crippen LogP contribution in [0.5, 0.6) is 23.0 Å². The van der Waals surface area contributed by atoms with Gasteiger partial charge in [0.1, 0.15) is 35.9 Å². The van der Waals surface area contributed by atoms with Gasteiger partial charge < -0.3 is 59.7 Å². The molecule has 64 heavy (non-hydrogen) atoms. The van der Waals surface area contributed by atoms with Crippen LogP contribution < -0.4 is 10.1 Å². The molecule has 5 bridgehead atoms. The molecule has 0 aliphatic carbocycles. The van der Waals surface area contributed by atoms with E-state index in [9.17, 15) is 49.8 Å². The van der Waals surface area contributed by atoms with Gasteiger partial charge in [-0.2, -0.15) is 0 Å². The zero-order valence-corrected chi connectivity index (χ0v) is 37.1. The number of aliphatic carboxylic acids is 1. The monoisotopic (exact) mass is 888 g/mol. The van der Waals surface area contributed by atoms with Gasteiger partial charge in [-0.05, 0) is 25.5 Å². The molecule has 1 amide bonds. The van der Waals surface area contributed by atoms with Gasteiger partial charge in [0.15, 0.2) is 5.75 Å². The van der Waals surface area contributed by atoms with E-state index in [0.29, 0.717) is 5.56 Å². The summed E-state index contributed by atoms with van der Waals surface area (Å²) in [6.07, 6.45) is 4.01. The van der Waals surface area contributed by atoms with E-state index in [4.69, 9.17) is 23.8 Å². The molecule has 3 aromatic carbocycles. The zero-order valence-electron chi connectivity index (χ0n) is 37.1. The summed E-state index contributed by atoms with van der Waals surface area (Å²) in [5.74, 6) is -11.8. The number of amides is 1. The summed E-state index contributed by atoms with van der Waals surface area (Å²) in [6, 6.07) is 8.24. The first-order valence-electron chi connectivity index (χ1n) is 20.7. The SMILES string of the molecule is COC1/C=C/OC2(C)Oc3c(C)c(O)c4c(O)c(c(/C=N/OCC(C(=O)O)c5ccccc5)c(O)c4c3C2=O)NC(=O)/C(C)=C/C=C/C(C)C(O)C(C)C(O)C(C)C(OC(C)=O)C1C. The lowest BCUT2D eigenvalue weighted by molar-refractivity contribution is -0.160. The Kier molecular flexibility index (Phi) is 15.2. The van der Waals surface area contributed by atoms with Crippen molar-refractivity contribution >= 4 is 46.3 Å². The number of methoxy groups -OCH3 is 1. The van der Waals surface area contributed by atoms with E-state index in [1.807, 2.05) is 0 Å². The highest BCUT2D eigenvalue weighted by Crippen LogP contribution is 2.55. The fourth-order valence-electron chi connectivity index (χ4n) is 8.08. The maximum absolute atomic E-state index is 14.5. The molecule has 0 spiro atoms. The number of ketones is 1. The number of aliphatic hydroxyl groups excluding tert-OH is 2. The number of rotatable bonds is 8. The number of fused-ring (bicyclic) bond motifs is 14. The van der Waals surface area contributed by atoms with Crippen LogP contribution in [0.1, 0.15) is 81.4 Å². The summed E-state index contributed by atoms with van der Waals surface area (Å²) < 4.78 is 23.5. The fraction of sp³-hybridized carbons (Fsp3) is 0.426. The highest BCUT2D eigenvalue weighted by atomic mass is 16.7. The second-order valence-corrected chi connectivity index (χ2v) is 16.4. The number of nitrogens with one attached hydrogen (secondary N) is 1. The number of aromatic hydroxyl groups is 3. The molecular formula is C47H56N2O15. The van der Waals surface area contributed by atoms with E-state index >= 15 is 0 Å². The second kappa shape index (κ2) is 20.0. The molecule has 6 rings (SSSR count). The van der Waals surface area contributed by atoms with Crippen LogP contribution in [0.15, 0.2) is 71.6 Å². The number of hydrogen-bond acceptors (Lipinski definition) is 15. The first-order chi connectivity index (χ1) is 30.2. The Balaban J connectivity index is 1.68. The van der Waals surface area contributed by atoms with E-state index in [-0.39, 0.29) is 22.4 Å². The van der Waals surface area contributed by atoms with E-state index in [0.717, 1.165) is 12.5 Å². The minimum absolute atomic E-state index is 0.0260. The molecule has 3 aliphatic heterocycles. The van der Waals surface area contributed by atoms with E-state index in [2.05, 4.69) is 10.5 Å². The summed E-state index contributed by atoms with van der Waals surface area (Å²) in [5.41, 5.74) is -0.679. The Morgan fingerprint density at radius 2 is 1.61 bits per heavy atom. The third-order valence-electron chi connectivity index (χ3n) is 12.0. The average molecular weight is 889 g/mol. The number of aliphatic hydroxyl groups is 2. The second-order valence-electron chi connectivity index (χ2n) is 16.4. The third kappa shape index (κ3) is 9.71. The van der Waals surface area contributed by atoms with Crippen LogP contribution in [0.25, 0.3) is 10.8 Å². The van der Waals surface area contributed by atoms with E-state index < -0.39 is 129 Å². The Bertz CT molecular complexity index is 2390. The van der Waals surface area contributed by atoms with Crippen molar-refractivity contribution in [3.8, 4) is 23.0 Å². The van der Waals surface area contributed by atoms with Gasteiger partial charge in [0.2, 0.25) is 0 Å². The van der Waals surface area contributed by atoms with Gasteiger partial charge in [-0.25, -0.2) is 0 Å². The van der Waals surface area contributed by atoms with Gasteiger partial charge in [0, 0.05) is 61.2 Å². The number of nitrogens with zero attached hydrogens (tertiary/aromatic N) is 1. The van der Waals surface area contributed by atoms with Crippen molar-refractivity contribution in [2.24, 2.45) is 28.8 Å². The number of phenols is 3. The lowest BCUT2D eigenvalue weighted by atomic mass is 9.78. The van der Waals surface area contributed by atoms with E-state index in [1.54, 1.807) is 64.1 Å². The molecular weight excluding hydrogens is 833 g/mol. The molecule has 17 nitrogen and oxygen atoms in total. The molecule has 0 radical (unpaired) electrons. The van der Waals surface area contributed by atoms with Crippen molar-refractivity contribution in [2.75, 3.05) is 19.0 Å². The topological polar surface area (TPSA) is 260 Å². The number of phenolic OH excluding ortho intramolecular Hbond substituents is 3. The summed E-state index contributed by atoms with van der Waals surface area (Å²) in [4.78, 5) is 58.1. The van der Waals surface area contributed by atoms with Crippen molar-refractivity contribution < 1.29 is 73.6 Å². The number of carboxylic acids is 1. The maximum atomic E-state index is 14.5. The molecule has 3 aromatic rings. The number of carboxylic acid groups (broad SMARTS) is 1. The predicted octanol–water partition coefficient (Wildman–Crippen LogP) is 5.97. The van der Waals surface area contributed by atoms with Crippen LogP contribution in [0.3, 0.4) is 0 Å². The predicted molar refractivity (Wildman–Crippen MR) is 234 cm³/mol. The summed E-state index contributed by atoms with van der Waals surface area (Å²) in [6.45, 7) is 11.7. The first kappa shape index (κ1) is 48.6. The largest absolute Gasteiger partial charge is 0.507 e. The van der Waals surface area contributed by atoms with Gasteiger partial charge in [-0.1, -0.05) is 81.4 Å². The van der Waals surface area contributed by atoms with Crippen molar-refractivity contribution in [2.45, 2.75) is 91.5 Å². The molecule has 7 N–H and O–H groups in total. The van der Waals surface area contributed by atoms with Crippen molar-refractivity contribution in [1.29, 1.82) is 0 Å². The Morgan fingerprint density at radius 3 is 2.23 bits per heavy atom. The Labute approximate surface area is 370 Å². The molecule has 0 fully saturated rings. The quantitative estimate of drug-likeness (QED) is 0.0452. The molecule has 344 valence electrons. The fourth-order valence-corrected chi connectivity index (χ4v) is 8.08. The molecule has 3 heterocycles. The minimum Gasteiger partial charge on any atom is -0.507 e. The van der Waals surface area contributed by atoms with Gasteiger partial charge >= 0.3 is 17.7 Å². The molecule has 10 atom stereocenters. The van der Waals surface area contributed by atoms with Crippen LogP contribution in [0.4, 0.5) is 5.69 Å². The number of allylic oxidation sites excluding steroid dienone is 2. The number of hydrogen-bond donors (Lipinski definition) is 7. The summed E-state index contributed by atoms with van der Waals surface area (Å²) in [5, 5.41) is 73.9. The normalized spacial score (nSPS) is 29.0. The summed E-state index contributed by atoms with van der Waals surface area (Å²) in [7, 11) is 1.40. The Morgan fingerprint density at radius 1 is 0.938 bits per heavy atom. The number of Topliss-reactive ketones (excluding diaryl/α,β-unsaturated/α-hetero) is 1. The van der Waals surface area contributed by atoms with Crippen molar-refractivity contribution in [3.05, 3.63) is 88.7 Å². The van der Waals surface area contributed by atoms with E-state index in [1.165, 1.54) is 53.0 Å². The molecule has 3 aliphatic rings. The Hall–Kier alpha value is -6.43. The molecule has 10 unspecified atom stereocenters. The minimum atomic E-state index is -2.13. The molecule has 0 saturated heterocycles. The highest BCUT2D eigenvalue weighted by molar-refractivity contribution is 6.23. The number of ether oxygens (including phenoxy) is 4. The maximum Gasteiger partial charge on any atom is 0.314 e. The van der Waals surface area contributed by atoms with Crippen LogP contribution in [0, 0.1) is 30.6 Å². The van der Waals surface area contributed by atoms with Gasteiger partial charge in [-0.3, -0.25) is 19.2 Å². The average Bonchev–Trinajstić information content (AvgIpc) is 3.52. The number of carbonyl (C=O) groups is 4. The third-order valence-corrected chi connectivity index (χ3v) is 12.0. The highest BCUT2D eigenvalue weighted by Gasteiger charge is 2.50. The van der Waals surface area contributed by atoms with Crippen LogP contribution in [0.2, 0.25) is 0 Å². The molecule has 0 aromatic heterocycles. The van der Waals surface area contributed by atoms with Crippen molar-refractivity contribution in [1.82, 2.24) is 0 Å². The van der Waals surface area contributed by atoms with Crippen LogP contribution >= 0.6 is 0 Å². The lowest BCUT2D eigenvalue weighted by Gasteiger charge is -2.38. The lowest BCUT2D eigenvalue weighted by Crippen LogP contribution is -2.46. The van der Waals surface area contributed by atoms with Gasteiger partial charge in [0.05, 0.1) is 53.0 Å². The number of oxime groups is 1. The number of carbonyl (C=O) groups excluding carboxylic acids is 3. The number of esters is 1. The number of benzene rings is 3. The van der Waals surface area contributed by atoms with Crippen LogP contribution in [-0.4, -0.2) is 104 Å². The molecule has 17 heteroatoms. The van der Waals surface area contributed by atoms with Gasteiger partial charge in [0.25, 0.3) is 11.7 Å². The zero-order chi connectivity index (χ0) is 47.4. The smallest absolute Gasteiger partial charge is 0.314 e. The van der Waals surface area contributed by atoms with Crippen molar-refractivity contribution in [3.63, 3.8) is 0 Å².